The van der Waals surface area contributed by atoms with Crippen molar-refractivity contribution in [3.05, 3.63) is 40.4 Å². The van der Waals surface area contributed by atoms with Gasteiger partial charge in [-0.2, -0.15) is 0 Å². The number of aromatic nitrogens is 2. The van der Waals surface area contributed by atoms with Crippen LogP contribution in [0.25, 0.3) is 11.1 Å². The summed E-state index contributed by atoms with van der Waals surface area (Å²) in [5.41, 5.74) is 0.558. The average molecular weight is 325 g/mol. The van der Waals surface area contributed by atoms with Crippen molar-refractivity contribution in [1.82, 2.24) is 10.2 Å². The SMILES string of the molecule is CCOP(=O)(OCC)c1n[nH]c([N+](=O)[O-])c1-c1ccccc1. The maximum atomic E-state index is 12.9. The zero-order chi connectivity index (χ0) is 16.2. The first-order valence-corrected chi connectivity index (χ1v) is 8.25. The molecule has 0 aliphatic carbocycles. The zero-order valence-electron chi connectivity index (χ0n) is 12.2. The molecule has 22 heavy (non-hydrogen) atoms. The summed E-state index contributed by atoms with van der Waals surface area (Å²) >= 11 is 0. The van der Waals surface area contributed by atoms with E-state index >= 15 is 0 Å². The van der Waals surface area contributed by atoms with Gasteiger partial charge in [-0.15, -0.1) is 5.10 Å². The van der Waals surface area contributed by atoms with Gasteiger partial charge in [0.15, 0.2) is 0 Å². The van der Waals surface area contributed by atoms with Gasteiger partial charge in [0.1, 0.15) is 5.56 Å². The molecule has 8 nitrogen and oxygen atoms in total. The van der Waals surface area contributed by atoms with E-state index < -0.39 is 12.5 Å². The van der Waals surface area contributed by atoms with Gasteiger partial charge in [-0.25, -0.2) is 0 Å². The zero-order valence-corrected chi connectivity index (χ0v) is 13.1. The number of nitrogens with one attached hydrogen (secondary N) is 1. The lowest BCUT2D eigenvalue weighted by Crippen LogP contribution is -2.14. The fraction of sp³-hybridized carbons (Fsp3) is 0.308. The Labute approximate surface area is 127 Å². The Hall–Kier alpha value is -2.02. The standard InChI is InChI=1S/C13H16N3O5P/c1-3-20-22(19,21-4-2)13-11(10-8-6-5-7-9-10)12(14-15-13)16(17)18/h5-9H,3-4H2,1-2H3,(H,14,15). The highest BCUT2D eigenvalue weighted by Gasteiger charge is 2.38. The summed E-state index contributed by atoms with van der Waals surface area (Å²) in [4.78, 5) is 10.6. The van der Waals surface area contributed by atoms with Crippen LogP contribution in [-0.2, 0) is 13.6 Å². The first kappa shape index (κ1) is 16.4. The van der Waals surface area contributed by atoms with Crippen LogP contribution >= 0.6 is 7.60 Å². The first-order valence-electron chi connectivity index (χ1n) is 6.71. The third-order valence-electron chi connectivity index (χ3n) is 2.83. The molecule has 0 bridgehead atoms. The number of hydrogen-bond acceptors (Lipinski definition) is 6. The molecule has 0 atom stereocenters. The van der Waals surface area contributed by atoms with Gasteiger partial charge in [0, 0.05) is 0 Å². The van der Waals surface area contributed by atoms with E-state index in [-0.39, 0.29) is 30.0 Å². The molecule has 0 aliphatic heterocycles. The molecule has 1 heterocycles. The predicted octanol–water partition coefficient (Wildman–Crippen LogP) is 2.88. The van der Waals surface area contributed by atoms with E-state index in [1.807, 2.05) is 0 Å². The molecule has 0 spiro atoms. The van der Waals surface area contributed by atoms with Crippen LogP contribution in [0.2, 0.25) is 0 Å². The van der Waals surface area contributed by atoms with Gasteiger partial charge in [-0.3, -0.25) is 4.57 Å². The molecular formula is C13H16N3O5P. The van der Waals surface area contributed by atoms with E-state index in [0.717, 1.165) is 0 Å². The summed E-state index contributed by atoms with van der Waals surface area (Å²) in [7, 11) is -3.74. The summed E-state index contributed by atoms with van der Waals surface area (Å²) in [6.07, 6.45) is 0. The number of rotatable bonds is 7. The highest BCUT2D eigenvalue weighted by molar-refractivity contribution is 7.62. The fourth-order valence-corrected chi connectivity index (χ4v) is 3.70. The van der Waals surface area contributed by atoms with Crippen LogP contribution < -0.4 is 5.44 Å². The van der Waals surface area contributed by atoms with Crippen LogP contribution in [0.4, 0.5) is 5.82 Å². The second-order valence-electron chi connectivity index (χ2n) is 4.23. The quantitative estimate of drug-likeness (QED) is 0.476. The van der Waals surface area contributed by atoms with Gasteiger partial charge in [0.2, 0.25) is 5.44 Å². The lowest BCUT2D eigenvalue weighted by atomic mass is 10.1. The van der Waals surface area contributed by atoms with Gasteiger partial charge in [0.05, 0.1) is 13.2 Å². The van der Waals surface area contributed by atoms with Crippen LogP contribution in [0.15, 0.2) is 30.3 Å². The van der Waals surface area contributed by atoms with Crippen LogP contribution in [0.3, 0.4) is 0 Å². The number of nitrogens with zero attached hydrogens (tertiary/aromatic N) is 2. The summed E-state index contributed by atoms with van der Waals surface area (Å²) in [6, 6.07) is 8.57. The van der Waals surface area contributed by atoms with Crippen molar-refractivity contribution in [2.75, 3.05) is 13.2 Å². The molecular weight excluding hydrogens is 309 g/mol. The highest BCUT2D eigenvalue weighted by atomic mass is 31.2. The molecule has 2 aromatic rings. The number of benzene rings is 1. The molecule has 0 unspecified atom stereocenters. The minimum atomic E-state index is -3.74. The predicted molar refractivity (Wildman–Crippen MR) is 81.2 cm³/mol. The molecule has 0 saturated carbocycles. The minimum Gasteiger partial charge on any atom is -0.358 e. The average Bonchev–Trinajstić information content (AvgIpc) is 2.94. The molecule has 0 fully saturated rings. The molecule has 1 aromatic carbocycles. The Kier molecular flexibility index (Phi) is 5.07. The molecule has 1 aromatic heterocycles. The van der Waals surface area contributed by atoms with Crippen molar-refractivity contribution in [2.24, 2.45) is 0 Å². The van der Waals surface area contributed by atoms with Crippen LogP contribution in [0, 0.1) is 10.1 Å². The molecule has 9 heteroatoms. The lowest BCUT2D eigenvalue weighted by Gasteiger charge is -2.15. The Morgan fingerprint density at radius 1 is 1.23 bits per heavy atom. The maximum Gasteiger partial charge on any atom is 0.384 e. The third kappa shape index (κ3) is 3.09. The monoisotopic (exact) mass is 325 g/mol. The Balaban J connectivity index is 2.67. The first-order chi connectivity index (χ1) is 10.5. The number of H-pyrrole nitrogens is 1. The molecule has 0 saturated heterocycles. The highest BCUT2D eigenvalue weighted by Crippen LogP contribution is 2.49. The summed E-state index contributed by atoms with van der Waals surface area (Å²) in [5, 5.41) is 17.4. The van der Waals surface area contributed by atoms with E-state index in [9.17, 15) is 14.7 Å². The van der Waals surface area contributed by atoms with Gasteiger partial charge in [0.25, 0.3) is 0 Å². The molecule has 1 N–H and O–H groups in total. The summed E-state index contributed by atoms with van der Waals surface area (Å²) in [5.74, 6) is -0.346. The van der Waals surface area contributed by atoms with Crippen LogP contribution in [-0.4, -0.2) is 28.3 Å². The third-order valence-corrected chi connectivity index (χ3v) is 4.87. The van der Waals surface area contributed by atoms with Crippen molar-refractivity contribution in [1.29, 1.82) is 0 Å². The molecule has 118 valence electrons. The van der Waals surface area contributed by atoms with E-state index in [4.69, 9.17) is 9.05 Å². The number of nitro groups is 1. The lowest BCUT2D eigenvalue weighted by molar-refractivity contribution is -0.388. The largest absolute Gasteiger partial charge is 0.384 e. The van der Waals surface area contributed by atoms with Gasteiger partial charge in [-0.05, 0) is 24.3 Å². The van der Waals surface area contributed by atoms with Crippen molar-refractivity contribution < 1.29 is 18.5 Å². The topological polar surface area (TPSA) is 107 Å². The van der Waals surface area contributed by atoms with E-state index in [1.54, 1.807) is 44.2 Å². The number of aromatic amines is 1. The molecule has 0 amide bonds. The molecule has 0 aliphatic rings. The van der Waals surface area contributed by atoms with Crippen molar-refractivity contribution in [2.45, 2.75) is 13.8 Å². The van der Waals surface area contributed by atoms with Crippen molar-refractivity contribution >= 4 is 18.8 Å². The van der Waals surface area contributed by atoms with Crippen molar-refractivity contribution in [3.8, 4) is 11.1 Å². The normalized spacial score (nSPS) is 11.5. The maximum absolute atomic E-state index is 12.9. The Bertz CT molecular complexity index is 691. The number of hydrogen-bond donors (Lipinski definition) is 1. The van der Waals surface area contributed by atoms with E-state index in [1.165, 1.54) is 0 Å². The van der Waals surface area contributed by atoms with E-state index in [2.05, 4.69) is 10.2 Å². The van der Waals surface area contributed by atoms with Crippen LogP contribution in [0.5, 0.6) is 0 Å². The van der Waals surface area contributed by atoms with Crippen molar-refractivity contribution in [3.63, 3.8) is 0 Å². The second kappa shape index (κ2) is 6.83. The summed E-state index contributed by atoms with van der Waals surface area (Å²) in [6.45, 7) is 3.59. The van der Waals surface area contributed by atoms with Crippen LogP contribution in [0.1, 0.15) is 13.8 Å². The summed E-state index contributed by atoms with van der Waals surface area (Å²) < 4.78 is 23.4. The molecule has 0 radical (unpaired) electrons. The Morgan fingerprint density at radius 2 is 1.82 bits per heavy atom. The minimum absolute atomic E-state index is 0.0749. The van der Waals surface area contributed by atoms with Gasteiger partial charge < -0.3 is 19.2 Å². The fourth-order valence-electron chi connectivity index (χ4n) is 2.02. The smallest absolute Gasteiger partial charge is 0.358 e. The van der Waals surface area contributed by atoms with Gasteiger partial charge >= 0.3 is 13.4 Å². The van der Waals surface area contributed by atoms with E-state index in [0.29, 0.717) is 5.56 Å². The van der Waals surface area contributed by atoms with Gasteiger partial charge in [-0.1, -0.05) is 35.4 Å². The Morgan fingerprint density at radius 3 is 2.32 bits per heavy atom. The molecule has 2 rings (SSSR count). The second-order valence-corrected chi connectivity index (χ2v) is 6.16.